The zero-order valence-corrected chi connectivity index (χ0v) is 11.6. The van der Waals surface area contributed by atoms with Crippen LogP contribution in [0.25, 0.3) is 0 Å². The molecular weight excluding hydrogens is 232 g/mol. The molecule has 0 aliphatic carbocycles. The van der Waals surface area contributed by atoms with Gasteiger partial charge >= 0.3 is 0 Å². The van der Waals surface area contributed by atoms with Crippen LogP contribution in [0.15, 0.2) is 18.2 Å². The Morgan fingerprint density at radius 1 is 1.28 bits per heavy atom. The van der Waals surface area contributed by atoms with Crippen molar-refractivity contribution in [2.24, 2.45) is 5.73 Å². The molecule has 0 aliphatic rings. The summed E-state index contributed by atoms with van der Waals surface area (Å²) in [7, 11) is 4.73. The Morgan fingerprint density at radius 2 is 1.89 bits per heavy atom. The van der Waals surface area contributed by atoms with Crippen LogP contribution in [0.5, 0.6) is 11.5 Å². The first-order valence-electron chi connectivity index (χ1n) is 5.83. The number of ether oxygens (including phenoxy) is 2. The van der Waals surface area contributed by atoms with Gasteiger partial charge in [-0.3, -0.25) is 4.79 Å². The zero-order chi connectivity index (χ0) is 14.1. The Labute approximate surface area is 108 Å². The number of hydrogen-bond donors (Lipinski definition) is 2. The molecule has 0 radical (unpaired) electrons. The van der Waals surface area contributed by atoms with Crippen molar-refractivity contribution in [3.63, 3.8) is 0 Å². The number of amides is 1. The van der Waals surface area contributed by atoms with Crippen LogP contribution < -0.4 is 20.5 Å². The SMILES string of the molecule is CC.CNC(C(N)=O)c1cccc(OC)c1OC. The molecule has 1 aromatic rings. The normalized spacial score (nSPS) is 10.9. The third-order valence-corrected chi connectivity index (χ3v) is 2.32. The molecule has 0 saturated carbocycles. The number of nitrogens with one attached hydrogen (secondary N) is 1. The van der Waals surface area contributed by atoms with Crippen molar-refractivity contribution in [2.75, 3.05) is 21.3 Å². The number of likely N-dealkylation sites (N-methyl/N-ethyl adjacent to an activating group) is 1. The van der Waals surface area contributed by atoms with Crippen molar-refractivity contribution in [1.29, 1.82) is 0 Å². The molecule has 102 valence electrons. The molecular formula is C13H22N2O3. The third kappa shape index (κ3) is 3.63. The Morgan fingerprint density at radius 3 is 2.28 bits per heavy atom. The molecule has 0 aliphatic heterocycles. The summed E-state index contributed by atoms with van der Waals surface area (Å²) in [5.74, 6) is 0.624. The predicted molar refractivity (Wildman–Crippen MR) is 71.9 cm³/mol. The number of hydrogen-bond acceptors (Lipinski definition) is 4. The van der Waals surface area contributed by atoms with Crippen molar-refractivity contribution < 1.29 is 14.3 Å². The molecule has 0 fully saturated rings. The van der Waals surface area contributed by atoms with E-state index in [4.69, 9.17) is 15.2 Å². The quantitative estimate of drug-likeness (QED) is 0.834. The van der Waals surface area contributed by atoms with Crippen LogP contribution in [0.4, 0.5) is 0 Å². The molecule has 5 nitrogen and oxygen atoms in total. The van der Waals surface area contributed by atoms with Crippen molar-refractivity contribution in [2.45, 2.75) is 19.9 Å². The minimum absolute atomic E-state index is 0.464. The lowest BCUT2D eigenvalue weighted by Gasteiger charge is -2.18. The number of nitrogens with two attached hydrogens (primary N) is 1. The van der Waals surface area contributed by atoms with Gasteiger partial charge in [-0.1, -0.05) is 26.0 Å². The molecule has 5 heteroatoms. The van der Waals surface area contributed by atoms with Crippen LogP contribution in [0.2, 0.25) is 0 Å². The summed E-state index contributed by atoms with van der Waals surface area (Å²) in [6.45, 7) is 4.00. The standard InChI is InChI=1S/C11H16N2O3.C2H6/c1-13-9(11(12)14)7-5-4-6-8(15-2)10(7)16-3;1-2/h4-6,9,13H,1-3H3,(H2,12,14);1-2H3. The van der Waals surface area contributed by atoms with Crippen LogP contribution >= 0.6 is 0 Å². The average Bonchev–Trinajstić information content (AvgIpc) is 2.41. The van der Waals surface area contributed by atoms with Crippen LogP contribution in [0.1, 0.15) is 25.5 Å². The number of para-hydroxylation sites is 1. The van der Waals surface area contributed by atoms with E-state index in [2.05, 4.69) is 5.32 Å². The van der Waals surface area contributed by atoms with Crippen molar-refractivity contribution in [1.82, 2.24) is 5.32 Å². The lowest BCUT2D eigenvalue weighted by atomic mass is 10.0. The molecule has 0 bridgehead atoms. The lowest BCUT2D eigenvalue weighted by Crippen LogP contribution is -2.31. The van der Waals surface area contributed by atoms with Gasteiger partial charge in [0.25, 0.3) is 0 Å². The number of methoxy groups -OCH3 is 2. The zero-order valence-electron chi connectivity index (χ0n) is 11.6. The first-order chi connectivity index (χ1) is 8.65. The van der Waals surface area contributed by atoms with Gasteiger partial charge in [-0.15, -0.1) is 0 Å². The van der Waals surface area contributed by atoms with Gasteiger partial charge in [0.15, 0.2) is 11.5 Å². The van der Waals surface area contributed by atoms with Crippen LogP contribution in [-0.2, 0) is 4.79 Å². The van der Waals surface area contributed by atoms with E-state index < -0.39 is 11.9 Å². The number of primary amides is 1. The Kier molecular flexibility index (Phi) is 7.54. The molecule has 0 spiro atoms. The molecule has 1 rings (SSSR count). The van der Waals surface area contributed by atoms with E-state index in [9.17, 15) is 4.79 Å². The molecule has 0 heterocycles. The minimum Gasteiger partial charge on any atom is -0.493 e. The maximum Gasteiger partial charge on any atom is 0.239 e. The fraction of sp³-hybridized carbons (Fsp3) is 0.462. The Bertz CT molecular complexity index is 380. The van der Waals surface area contributed by atoms with E-state index in [1.54, 1.807) is 32.4 Å². The van der Waals surface area contributed by atoms with Gasteiger partial charge in [0.2, 0.25) is 5.91 Å². The van der Waals surface area contributed by atoms with Gasteiger partial charge in [0.05, 0.1) is 14.2 Å². The van der Waals surface area contributed by atoms with E-state index in [1.165, 1.54) is 7.11 Å². The molecule has 1 aromatic carbocycles. The highest BCUT2D eigenvalue weighted by Gasteiger charge is 2.21. The van der Waals surface area contributed by atoms with Gasteiger partial charge in [-0.2, -0.15) is 0 Å². The first kappa shape index (κ1) is 16.2. The van der Waals surface area contributed by atoms with Crippen molar-refractivity contribution in [3.05, 3.63) is 23.8 Å². The van der Waals surface area contributed by atoms with Crippen molar-refractivity contribution >= 4 is 5.91 Å². The van der Waals surface area contributed by atoms with Gasteiger partial charge in [0, 0.05) is 5.56 Å². The molecule has 1 unspecified atom stereocenters. The number of carbonyl (C=O) groups excluding carboxylic acids is 1. The molecule has 1 amide bonds. The van der Waals surface area contributed by atoms with Gasteiger partial charge in [0.1, 0.15) is 6.04 Å². The van der Waals surface area contributed by atoms with Crippen molar-refractivity contribution in [3.8, 4) is 11.5 Å². The fourth-order valence-electron chi connectivity index (χ4n) is 1.59. The summed E-state index contributed by atoms with van der Waals surface area (Å²) in [5, 5.41) is 2.83. The second-order valence-electron chi connectivity index (χ2n) is 3.21. The summed E-state index contributed by atoms with van der Waals surface area (Å²) < 4.78 is 10.4. The third-order valence-electron chi connectivity index (χ3n) is 2.32. The largest absolute Gasteiger partial charge is 0.493 e. The topological polar surface area (TPSA) is 73.6 Å². The smallest absolute Gasteiger partial charge is 0.239 e. The lowest BCUT2D eigenvalue weighted by molar-refractivity contribution is -0.120. The van der Waals surface area contributed by atoms with E-state index >= 15 is 0 Å². The highest BCUT2D eigenvalue weighted by Crippen LogP contribution is 2.34. The summed E-state index contributed by atoms with van der Waals surface area (Å²) in [4.78, 5) is 11.3. The number of rotatable bonds is 5. The number of benzene rings is 1. The van der Waals surface area contributed by atoms with E-state index in [1.807, 2.05) is 13.8 Å². The maximum atomic E-state index is 11.3. The van der Waals surface area contributed by atoms with Gasteiger partial charge < -0.3 is 20.5 Å². The fourth-order valence-corrected chi connectivity index (χ4v) is 1.59. The predicted octanol–water partition coefficient (Wildman–Crippen LogP) is 1.48. The minimum atomic E-state index is -0.593. The van der Waals surface area contributed by atoms with Crippen LogP contribution in [0, 0.1) is 0 Å². The Balaban J connectivity index is 0.00000137. The van der Waals surface area contributed by atoms with E-state index in [0.717, 1.165) is 0 Å². The van der Waals surface area contributed by atoms with E-state index in [-0.39, 0.29) is 0 Å². The van der Waals surface area contributed by atoms with Crippen LogP contribution in [0.3, 0.4) is 0 Å². The number of carbonyl (C=O) groups is 1. The second kappa shape index (κ2) is 8.36. The summed E-state index contributed by atoms with van der Waals surface area (Å²) in [5.41, 5.74) is 5.96. The summed E-state index contributed by atoms with van der Waals surface area (Å²) >= 11 is 0. The van der Waals surface area contributed by atoms with Gasteiger partial charge in [-0.05, 0) is 13.1 Å². The first-order valence-corrected chi connectivity index (χ1v) is 5.83. The monoisotopic (exact) mass is 254 g/mol. The second-order valence-corrected chi connectivity index (χ2v) is 3.21. The van der Waals surface area contributed by atoms with E-state index in [0.29, 0.717) is 17.1 Å². The molecule has 3 N–H and O–H groups in total. The van der Waals surface area contributed by atoms with Crippen LogP contribution in [-0.4, -0.2) is 27.2 Å². The molecule has 18 heavy (non-hydrogen) atoms. The Hall–Kier alpha value is -1.75. The summed E-state index contributed by atoms with van der Waals surface area (Å²) in [6.07, 6.45) is 0. The molecule has 0 aromatic heterocycles. The summed E-state index contributed by atoms with van der Waals surface area (Å²) in [6, 6.07) is 4.72. The highest BCUT2D eigenvalue weighted by atomic mass is 16.5. The molecule has 0 saturated heterocycles. The molecule has 1 atom stereocenters. The van der Waals surface area contributed by atoms with Gasteiger partial charge in [-0.25, -0.2) is 0 Å². The maximum absolute atomic E-state index is 11.3. The average molecular weight is 254 g/mol. The highest BCUT2D eigenvalue weighted by molar-refractivity contribution is 5.82.